The molecule has 0 bridgehead atoms. The molecular weight excluding hydrogens is 586 g/mol. The summed E-state index contributed by atoms with van der Waals surface area (Å²) in [6.07, 6.45) is 0. The van der Waals surface area contributed by atoms with E-state index in [2.05, 4.69) is 123 Å². The third-order valence-electron chi connectivity index (χ3n) is 6.78. The van der Waals surface area contributed by atoms with Gasteiger partial charge in [-0.3, -0.25) is 0 Å². The molecule has 0 saturated carbocycles. The van der Waals surface area contributed by atoms with E-state index in [0.717, 1.165) is 29.6 Å². The van der Waals surface area contributed by atoms with Gasteiger partial charge in [-0.05, 0) is 0 Å². The molecule has 0 atom stereocenters. The summed E-state index contributed by atoms with van der Waals surface area (Å²) in [4.78, 5) is 7.02. The van der Waals surface area contributed by atoms with Crippen molar-refractivity contribution in [2.75, 3.05) is 37.0 Å². The van der Waals surface area contributed by atoms with E-state index in [-0.39, 0.29) is 0 Å². The minimum atomic E-state index is -3.56. The summed E-state index contributed by atoms with van der Waals surface area (Å²) in [6, 6.07) is 17.5. The van der Waals surface area contributed by atoms with E-state index in [9.17, 15) is 0 Å². The van der Waals surface area contributed by atoms with Crippen LogP contribution in [0.5, 0.6) is 0 Å². The van der Waals surface area contributed by atoms with Crippen molar-refractivity contribution < 1.29 is 11.9 Å². The van der Waals surface area contributed by atoms with Gasteiger partial charge in [-0.1, -0.05) is 0 Å². The molecule has 0 spiro atoms. The Morgan fingerprint density at radius 1 is 0.757 bits per heavy atom. The first-order chi connectivity index (χ1) is 17.4. The molecule has 4 rings (SSSR count). The number of benzene rings is 3. The van der Waals surface area contributed by atoms with Crippen molar-refractivity contribution in [1.82, 2.24) is 4.90 Å². The van der Waals surface area contributed by atoms with Crippen LogP contribution in [0.2, 0.25) is 0 Å². The van der Waals surface area contributed by atoms with E-state index in [0.29, 0.717) is 0 Å². The average Bonchev–Trinajstić information content (AvgIpc) is 3.18. The Hall–Kier alpha value is -1.84. The summed E-state index contributed by atoms with van der Waals surface area (Å²) in [7, 11) is 19.4. The summed E-state index contributed by atoms with van der Waals surface area (Å²) in [5.74, 6) is 0. The van der Waals surface area contributed by atoms with Crippen LogP contribution in [0.15, 0.2) is 48.5 Å². The van der Waals surface area contributed by atoms with Crippen LogP contribution >= 0.6 is 19.4 Å². The molecule has 0 aliphatic carbocycles. The molecule has 6 heteroatoms. The number of nitrogens with zero attached hydrogens (tertiary/aromatic N) is 3. The number of rotatable bonds is 5. The van der Waals surface area contributed by atoms with E-state index < -0.39 is 11.9 Å². The van der Waals surface area contributed by atoms with Gasteiger partial charge in [0, 0.05) is 0 Å². The molecule has 200 valence electrons. The Morgan fingerprint density at radius 2 is 1.19 bits per heavy atom. The van der Waals surface area contributed by atoms with Crippen LogP contribution in [0.4, 0.5) is 11.4 Å². The van der Waals surface area contributed by atoms with Crippen LogP contribution < -0.4 is 9.80 Å². The van der Waals surface area contributed by atoms with Gasteiger partial charge >= 0.3 is 235 Å². The fraction of sp³-hybridized carbons (Fsp3) is 0.355. The van der Waals surface area contributed by atoms with Gasteiger partial charge < -0.3 is 0 Å². The van der Waals surface area contributed by atoms with Crippen LogP contribution in [0.1, 0.15) is 44.5 Å². The minimum absolute atomic E-state index is 0.838. The van der Waals surface area contributed by atoms with E-state index >= 15 is 0 Å². The topological polar surface area (TPSA) is 9.72 Å². The van der Waals surface area contributed by atoms with Crippen LogP contribution in [0, 0.1) is 41.5 Å². The molecule has 0 amide bonds. The molecule has 37 heavy (non-hydrogen) atoms. The van der Waals surface area contributed by atoms with Gasteiger partial charge in [-0.25, -0.2) is 0 Å². The van der Waals surface area contributed by atoms with Gasteiger partial charge in [0.15, 0.2) is 0 Å². The Morgan fingerprint density at radius 3 is 1.62 bits per heavy atom. The van der Waals surface area contributed by atoms with Gasteiger partial charge in [-0.15, -0.1) is 0 Å². The Balaban J connectivity index is 2.04. The first-order valence-corrected chi connectivity index (χ1v) is 19.0. The molecule has 0 aromatic heterocycles. The second-order valence-corrected chi connectivity index (χ2v) is 19.8. The molecule has 3 nitrogen and oxygen atoms in total. The van der Waals surface area contributed by atoms with E-state index in [1.54, 1.807) is 0 Å². The molecule has 1 heterocycles. The Kier molecular flexibility index (Phi) is 8.46. The standard InChI is InChI=1S/C21H26N2.C10H13N.2ClH.Ru/c1-14-9-16(3)20(17(4)10-14)22-7-8-23(13-22)21-18(5)11-15(2)12-19(21)6;1-9-6-4-5-7-10(9)8-11(2)3;;;/h9-12H,7-8H2,1-6H3;1,4-7H,8H2,2-3H3;2*1H;/q;;;;+2/p-2. The predicted octanol–water partition coefficient (Wildman–Crippen LogP) is 7.32. The van der Waals surface area contributed by atoms with Crippen molar-refractivity contribution in [2.45, 2.75) is 48.1 Å². The molecule has 1 saturated heterocycles. The van der Waals surface area contributed by atoms with Crippen molar-refractivity contribution in [1.29, 1.82) is 0 Å². The second kappa shape index (κ2) is 11.1. The van der Waals surface area contributed by atoms with Crippen LogP contribution in [0.3, 0.4) is 0 Å². The monoisotopic (exact) mass is 625 g/mol. The van der Waals surface area contributed by atoms with Crippen LogP contribution in [-0.4, -0.2) is 41.0 Å². The number of halogens is 2. The third kappa shape index (κ3) is 5.94. The maximum atomic E-state index is 7.59. The first kappa shape index (κ1) is 28.2. The fourth-order valence-electron chi connectivity index (χ4n) is 5.68. The van der Waals surface area contributed by atoms with Crippen molar-refractivity contribution in [3.8, 4) is 0 Å². The van der Waals surface area contributed by atoms with Gasteiger partial charge in [0.1, 0.15) is 0 Å². The second-order valence-electron chi connectivity index (χ2n) is 10.5. The number of hydrogen-bond acceptors (Lipinski definition) is 3. The average molecular weight is 626 g/mol. The van der Waals surface area contributed by atoms with Gasteiger partial charge in [0.2, 0.25) is 0 Å². The number of aryl methyl sites for hydroxylation is 6. The van der Waals surface area contributed by atoms with Crippen LogP contribution in [-0.2, 0) is 18.4 Å². The van der Waals surface area contributed by atoms with Crippen LogP contribution in [0.25, 0.3) is 0 Å². The molecule has 3 aromatic carbocycles. The Bertz CT molecular complexity index is 1340. The van der Waals surface area contributed by atoms with E-state index in [1.807, 2.05) is 0 Å². The van der Waals surface area contributed by atoms with Gasteiger partial charge in [0.05, 0.1) is 0 Å². The summed E-state index contributed by atoms with van der Waals surface area (Å²) in [6.45, 7) is 15.6. The number of hydrogen-bond donors (Lipinski definition) is 0. The zero-order valence-electron chi connectivity index (χ0n) is 23.3. The summed E-state index contributed by atoms with van der Waals surface area (Å²) in [5, 5.41) is 0. The SMILES string of the molecule is Cc1cc(C)c(N2CCN(c3c(C)cc(C)cc3C)[C]2=[Ru]([Cl])([Cl])=[CH]c2ccccc2CN(C)C)c(C)c1. The maximum absolute atomic E-state index is 7.59. The van der Waals surface area contributed by atoms with Crippen molar-refractivity contribution >= 4 is 39.7 Å². The molecule has 1 aliphatic heterocycles. The van der Waals surface area contributed by atoms with Crippen molar-refractivity contribution in [3.63, 3.8) is 0 Å². The van der Waals surface area contributed by atoms with E-state index in [1.165, 1.54) is 50.3 Å². The van der Waals surface area contributed by atoms with E-state index in [4.69, 9.17) is 19.4 Å². The predicted molar refractivity (Wildman–Crippen MR) is 162 cm³/mol. The quantitative estimate of drug-likeness (QED) is 0.275. The fourth-order valence-corrected chi connectivity index (χ4v) is 11.8. The molecule has 1 fully saturated rings. The Labute approximate surface area is 233 Å². The normalized spacial score (nSPS) is 14.6. The zero-order valence-corrected chi connectivity index (χ0v) is 26.5. The first-order valence-electron chi connectivity index (χ1n) is 12.7. The summed E-state index contributed by atoms with van der Waals surface area (Å²) < 4.78 is 3.25. The zero-order chi connectivity index (χ0) is 27.1. The van der Waals surface area contributed by atoms with Gasteiger partial charge in [0.25, 0.3) is 0 Å². The van der Waals surface area contributed by atoms with Crippen molar-refractivity contribution in [3.05, 3.63) is 93.0 Å². The molecular formula is C31H39Cl2N3Ru. The number of anilines is 2. The third-order valence-corrected chi connectivity index (χ3v) is 12.3. The summed E-state index contributed by atoms with van der Waals surface area (Å²) >= 11 is -3.56. The van der Waals surface area contributed by atoms with Gasteiger partial charge in [-0.2, -0.15) is 0 Å². The molecule has 1 aliphatic rings. The summed E-state index contributed by atoms with van der Waals surface area (Å²) in [5.41, 5.74) is 12.4. The molecule has 0 radical (unpaired) electrons. The molecule has 3 aromatic rings. The molecule has 0 N–H and O–H groups in total. The molecule has 0 unspecified atom stereocenters. The van der Waals surface area contributed by atoms with Crippen molar-refractivity contribution in [2.24, 2.45) is 0 Å².